The summed E-state index contributed by atoms with van der Waals surface area (Å²) < 4.78 is 11.6. The Morgan fingerprint density at radius 3 is 2.47 bits per heavy atom. The van der Waals surface area contributed by atoms with E-state index in [2.05, 4.69) is 11.8 Å². The van der Waals surface area contributed by atoms with Crippen molar-refractivity contribution in [1.82, 2.24) is 4.90 Å². The van der Waals surface area contributed by atoms with E-state index in [9.17, 15) is 0 Å². The molecule has 0 bridgehead atoms. The smallest absolute Gasteiger partial charge is 0.168 e. The van der Waals surface area contributed by atoms with Gasteiger partial charge < -0.3 is 15.2 Å². The number of nitrogens with two attached hydrogens (primary N) is 1. The highest BCUT2D eigenvalue weighted by atomic mass is 16.7. The van der Waals surface area contributed by atoms with E-state index in [4.69, 9.17) is 15.2 Å². The average molecular weight is 268 g/mol. The van der Waals surface area contributed by atoms with E-state index in [0.717, 1.165) is 38.5 Å². The molecule has 0 aromatic carbocycles. The molecule has 3 fully saturated rings. The summed E-state index contributed by atoms with van der Waals surface area (Å²) >= 11 is 0. The highest BCUT2D eigenvalue weighted by Gasteiger charge is 2.42. The number of piperidine rings is 1. The maximum Gasteiger partial charge on any atom is 0.168 e. The quantitative estimate of drug-likeness (QED) is 0.828. The molecule has 2 atom stereocenters. The summed E-state index contributed by atoms with van der Waals surface area (Å²) in [4.78, 5) is 2.68. The lowest BCUT2D eigenvalue weighted by molar-refractivity contribution is -0.185. The van der Waals surface area contributed by atoms with Gasteiger partial charge in [0.05, 0.1) is 13.2 Å². The van der Waals surface area contributed by atoms with E-state index >= 15 is 0 Å². The number of likely N-dealkylation sites (tertiary alicyclic amines) is 1. The Hall–Kier alpha value is -0.160. The van der Waals surface area contributed by atoms with Crippen LogP contribution < -0.4 is 5.73 Å². The third-order valence-electron chi connectivity index (χ3n) is 5.30. The largest absolute Gasteiger partial charge is 0.348 e. The van der Waals surface area contributed by atoms with Gasteiger partial charge in [-0.25, -0.2) is 0 Å². The number of ether oxygens (including phenoxy) is 2. The first-order chi connectivity index (χ1) is 9.22. The Balaban J connectivity index is 1.58. The molecular formula is C15H28N2O2. The van der Waals surface area contributed by atoms with E-state index in [-0.39, 0.29) is 5.79 Å². The molecule has 0 radical (unpaired) electrons. The lowest BCUT2D eigenvalue weighted by atomic mass is 9.84. The average Bonchev–Trinajstić information content (AvgIpc) is 2.88. The zero-order valence-electron chi connectivity index (χ0n) is 12.1. The Bertz CT molecular complexity index is 295. The summed E-state index contributed by atoms with van der Waals surface area (Å²) in [6, 6.07) is 1.28. The molecule has 1 saturated carbocycles. The van der Waals surface area contributed by atoms with Gasteiger partial charge in [-0.2, -0.15) is 0 Å². The van der Waals surface area contributed by atoms with Gasteiger partial charge in [-0.1, -0.05) is 6.92 Å². The minimum absolute atomic E-state index is 0.224. The van der Waals surface area contributed by atoms with Gasteiger partial charge in [-0.15, -0.1) is 0 Å². The summed E-state index contributed by atoms with van der Waals surface area (Å²) in [6.07, 6.45) is 7.11. The zero-order valence-corrected chi connectivity index (χ0v) is 12.1. The lowest BCUT2D eigenvalue weighted by Crippen LogP contribution is -2.53. The molecule has 110 valence electrons. The van der Waals surface area contributed by atoms with Gasteiger partial charge in [0.15, 0.2) is 5.79 Å². The van der Waals surface area contributed by atoms with Gasteiger partial charge in [0.25, 0.3) is 0 Å². The molecule has 2 aliphatic heterocycles. The van der Waals surface area contributed by atoms with Crippen LogP contribution in [0.4, 0.5) is 0 Å². The molecule has 2 saturated heterocycles. The number of rotatable bonds is 2. The van der Waals surface area contributed by atoms with Gasteiger partial charge in [-0.05, 0) is 38.1 Å². The minimum atomic E-state index is -0.224. The van der Waals surface area contributed by atoms with E-state index in [0.29, 0.717) is 12.1 Å². The van der Waals surface area contributed by atoms with Crippen molar-refractivity contribution in [3.63, 3.8) is 0 Å². The van der Waals surface area contributed by atoms with Gasteiger partial charge in [0.1, 0.15) is 0 Å². The second kappa shape index (κ2) is 5.68. The predicted molar refractivity (Wildman–Crippen MR) is 74.8 cm³/mol. The van der Waals surface area contributed by atoms with Crippen molar-refractivity contribution in [2.24, 2.45) is 11.7 Å². The van der Waals surface area contributed by atoms with Crippen LogP contribution in [0.1, 0.15) is 45.4 Å². The second-order valence-corrected chi connectivity index (χ2v) is 6.60. The first kappa shape index (κ1) is 13.8. The normalized spacial score (nSPS) is 36.9. The van der Waals surface area contributed by atoms with E-state index in [1.54, 1.807) is 0 Å². The molecule has 0 amide bonds. The van der Waals surface area contributed by atoms with Crippen molar-refractivity contribution in [2.75, 3.05) is 26.3 Å². The molecule has 2 unspecified atom stereocenters. The van der Waals surface area contributed by atoms with E-state index < -0.39 is 0 Å². The molecule has 4 heteroatoms. The van der Waals surface area contributed by atoms with E-state index in [1.165, 1.54) is 32.2 Å². The second-order valence-electron chi connectivity index (χ2n) is 6.60. The summed E-state index contributed by atoms with van der Waals surface area (Å²) in [6.45, 7) is 5.94. The first-order valence-corrected chi connectivity index (χ1v) is 7.96. The number of nitrogens with zero attached hydrogens (tertiary/aromatic N) is 1. The Labute approximate surface area is 116 Å². The predicted octanol–water partition coefficient (Wildman–Crippen LogP) is 1.73. The third kappa shape index (κ3) is 2.82. The van der Waals surface area contributed by atoms with Gasteiger partial charge in [-0.3, -0.25) is 4.90 Å². The van der Waals surface area contributed by atoms with Crippen LogP contribution in [-0.2, 0) is 9.47 Å². The lowest BCUT2D eigenvalue weighted by Gasteiger charge is -2.46. The minimum Gasteiger partial charge on any atom is -0.348 e. The standard InChI is InChI=1S/C15H28N2O2/c1-12-4-7-17(14(10-12)11-16)13-2-5-15(6-3-13)18-8-9-19-15/h12-14H,2-11,16H2,1H3. The molecule has 19 heavy (non-hydrogen) atoms. The van der Waals surface area contributed by atoms with Crippen LogP contribution in [0.25, 0.3) is 0 Å². The summed E-state index contributed by atoms with van der Waals surface area (Å²) in [5.74, 6) is 0.610. The molecule has 1 aliphatic carbocycles. The number of hydrogen-bond acceptors (Lipinski definition) is 4. The zero-order chi connectivity index (χ0) is 13.3. The van der Waals surface area contributed by atoms with Crippen LogP contribution >= 0.6 is 0 Å². The van der Waals surface area contributed by atoms with Crippen molar-refractivity contribution >= 4 is 0 Å². The van der Waals surface area contributed by atoms with Crippen LogP contribution in [0.5, 0.6) is 0 Å². The van der Waals surface area contributed by atoms with Gasteiger partial charge in [0.2, 0.25) is 0 Å². The maximum absolute atomic E-state index is 5.99. The molecule has 2 N–H and O–H groups in total. The van der Waals surface area contributed by atoms with E-state index in [1.807, 2.05) is 0 Å². The van der Waals surface area contributed by atoms with Crippen molar-refractivity contribution < 1.29 is 9.47 Å². The van der Waals surface area contributed by atoms with Crippen molar-refractivity contribution in [3.8, 4) is 0 Å². The third-order valence-corrected chi connectivity index (χ3v) is 5.30. The van der Waals surface area contributed by atoms with Crippen molar-refractivity contribution in [3.05, 3.63) is 0 Å². The highest BCUT2D eigenvalue weighted by molar-refractivity contribution is 4.91. The Morgan fingerprint density at radius 2 is 1.84 bits per heavy atom. The van der Waals surface area contributed by atoms with Crippen LogP contribution in [0.15, 0.2) is 0 Å². The molecule has 0 aromatic rings. The molecule has 0 aromatic heterocycles. The van der Waals surface area contributed by atoms with Crippen LogP contribution in [0.2, 0.25) is 0 Å². The van der Waals surface area contributed by atoms with Crippen molar-refractivity contribution in [1.29, 1.82) is 0 Å². The van der Waals surface area contributed by atoms with Gasteiger partial charge >= 0.3 is 0 Å². The number of hydrogen-bond donors (Lipinski definition) is 1. The molecule has 3 rings (SSSR count). The molecule has 3 aliphatic rings. The fourth-order valence-corrected chi connectivity index (χ4v) is 4.14. The monoisotopic (exact) mass is 268 g/mol. The summed E-state index contributed by atoms with van der Waals surface area (Å²) in [7, 11) is 0. The fraction of sp³-hybridized carbons (Fsp3) is 1.00. The molecule has 4 nitrogen and oxygen atoms in total. The van der Waals surface area contributed by atoms with Crippen molar-refractivity contribution in [2.45, 2.75) is 63.3 Å². The van der Waals surface area contributed by atoms with Crippen LogP contribution in [0, 0.1) is 5.92 Å². The highest BCUT2D eigenvalue weighted by Crippen LogP contribution is 2.39. The van der Waals surface area contributed by atoms with Crippen LogP contribution in [0.3, 0.4) is 0 Å². The molecule has 2 heterocycles. The Kier molecular flexibility index (Phi) is 4.13. The summed E-state index contributed by atoms with van der Waals surface area (Å²) in [5.41, 5.74) is 5.99. The van der Waals surface area contributed by atoms with Crippen LogP contribution in [-0.4, -0.2) is 49.1 Å². The summed E-state index contributed by atoms with van der Waals surface area (Å²) in [5, 5.41) is 0. The fourth-order valence-electron chi connectivity index (χ4n) is 4.14. The van der Waals surface area contributed by atoms with Gasteiger partial charge in [0, 0.05) is 31.5 Å². The molecule has 1 spiro atoms. The Morgan fingerprint density at radius 1 is 1.16 bits per heavy atom. The molecular weight excluding hydrogens is 240 g/mol. The SMILES string of the molecule is CC1CCN(C2CCC3(CC2)OCCO3)C(CN)C1. The topological polar surface area (TPSA) is 47.7 Å². The maximum atomic E-state index is 5.99. The first-order valence-electron chi connectivity index (χ1n) is 7.96.